The molecule has 4 aromatic rings. The highest BCUT2D eigenvalue weighted by molar-refractivity contribution is 6.74. The third kappa shape index (κ3) is 7.93. The van der Waals surface area contributed by atoms with Crippen LogP contribution >= 0.6 is 0 Å². The van der Waals surface area contributed by atoms with Crippen LogP contribution in [0.2, 0.25) is 18.1 Å². The van der Waals surface area contributed by atoms with E-state index in [1.165, 1.54) is 12.3 Å². The number of nitrogens with zero attached hydrogens (tertiary/aromatic N) is 6. The minimum Gasteiger partial charge on any atom is -0.465 e. The molecule has 4 aromatic heterocycles. The van der Waals surface area contributed by atoms with E-state index in [9.17, 15) is 9.90 Å². The molecule has 5 rings (SSSR count). The van der Waals surface area contributed by atoms with Crippen LogP contribution in [-0.4, -0.2) is 68.3 Å². The Balaban J connectivity index is 1.22. The molecular formula is C31H40FN7O5Si. The van der Waals surface area contributed by atoms with Crippen LogP contribution in [0.15, 0.2) is 55.1 Å². The molecule has 5 heterocycles. The maximum absolute atomic E-state index is 15.1. The summed E-state index contributed by atoms with van der Waals surface area (Å²) in [7, 11) is -2.07. The maximum atomic E-state index is 15.1. The van der Waals surface area contributed by atoms with Gasteiger partial charge in [-0.2, -0.15) is 10.2 Å². The Morgan fingerprint density at radius 2 is 2.00 bits per heavy atom. The average molecular weight is 638 g/mol. The number of aromatic nitrogens is 6. The third-order valence-corrected chi connectivity index (χ3v) is 12.7. The highest BCUT2D eigenvalue weighted by Gasteiger charge is 2.37. The SMILES string of the molecule is CC(C)(C)[Si](C)(C)OCC(Cn1ccc(-c2ccc(Oc3ncc(-c4ccnn4C4CCCCO4)cc3F)cn2)n1)NC(=O)O. The summed E-state index contributed by atoms with van der Waals surface area (Å²) in [6.45, 7) is 11.9. The second-order valence-electron chi connectivity index (χ2n) is 12.6. The number of carboxylic acid groups (broad SMARTS) is 1. The van der Waals surface area contributed by atoms with E-state index in [-0.39, 0.29) is 30.3 Å². The third-order valence-electron chi connectivity index (χ3n) is 8.24. The lowest BCUT2D eigenvalue weighted by atomic mass is 10.1. The van der Waals surface area contributed by atoms with Crippen molar-refractivity contribution in [1.29, 1.82) is 0 Å². The lowest BCUT2D eigenvalue weighted by Gasteiger charge is -2.37. The van der Waals surface area contributed by atoms with Crippen molar-refractivity contribution < 1.29 is 28.2 Å². The highest BCUT2D eigenvalue weighted by Crippen LogP contribution is 2.36. The molecule has 0 saturated carbocycles. The predicted molar refractivity (Wildman–Crippen MR) is 168 cm³/mol. The van der Waals surface area contributed by atoms with E-state index < -0.39 is 26.3 Å². The zero-order chi connectivity index (χ0) is 32.2. The average Bonchev–Trinajstić information content (AvgIpc) is 3.67. The van der Waals surface area contributed by atoms with Gasteiger partial charge in [-0.3, -0.25) is 9.67 Å². The summed E-state index contributed by atoms with van der Waals surface area (Å²) in [5.41, 5.74) is 2.46. The topological polar surface area (TPSA) is 138 Å². The minimum absolute atomic E-state index is 0.00112. The van der Waals surface area contributed by atoms with Crippen molar-refractivity contribution in [3.8, 4) is 34.3 Å². The number of carbonyl (C=O) groups is 1. The maximum Gasteiger partial charge on any atom is 0.405 e. The van der Waals surface area contributed by atoms with Gasteiger partial charge in [0, 0.05) is 30.8 Å². The first-order valence-corrected chi connectivity index (χ1v) is 17.9. The number of pyridine rings is 2. The van der Waals surface area contributed by atoms with Gasteiger partial charge in [-0.25, -0.2) is 18.9 Å². The molecule has 2 N–H and O–H groups in total. The van der Waals surface area contributed by atoms with Gasteiger partial charge < -0.3 is 24.3 Å². The molecule has 240 valence electrons. The standard InChI is InChI=1S/C31H40FN7O5Si/c1-31(2,3)45(4,5)43-20-22(36-30(40)41)19-38-14-12-26(37-38)25-10-9-23(18-33-25)44-29-24(32)16-21(17-34-29)27-11-13-35-39(27)28-8-6-7-15-42-28/h9-14,16-18,22,28,36H,6-8,15,19-20H2,1-5H3,(H,40,41). The van der Waals surface area contributed by atoms with Crippen LogP contribution in [0.5, 0.6) is 11.6 Å². The molecule has 0 aliphatic carbocycles. The first kappa shape index (κ1) is 32.3. The molecule has 14 heteroatoms. The molecule has 1 aliphatic heterocycles. The van der Waals surface area contributed by atoms with E-state index in [1.54, 1.807) is 46.2 Å². The fourth-order valence-electron chi connectivity index (χ4n) is 4.70. The molecule has 0 aromatic carbocycles. The van der Waals surface area contributed by atoms with Crippen LogP contribution in [0.25, 0.3) is 22.6 Å². The molecule has 45 heavy (non-hydrogen) atoms. The van der Waals surface area contributed by atoms with Crippen LogP contribution < -0.4 is 10.1 Å². The Kier molecular flexibility index (Phi) is 9.65. The Bertz CT molecular complexity index is 1600. The first-order chi connectivity index (χ1) is 21.4. The van der Waals surface area contributed by atoms with Crippen molar-refractivity contribution in [2.45, 2.75) is 77.0 Å². The summed E-state index contributed by atoms with van der Waals surface area (Å²) in [6.07, 6.45) is 8.08. The molecule has 1 aliphatic rings. The van der Waals surface area contributed by atoms with Crippen LogP contribution in [0.3, 0.4) is 0 Å². The second kappa shape index (κ2) is 13.5. The molecule has 1 saturated heterocycles. The van der Waals surface area contributed by atoms with Gasteiger partial charge in [-0.15, -0.1) is 0 Å². The number of nitrogens with one attached hydrogen (secondary N) is 1. The van der Waals surface area contributed by atoms with Crippen LogP contribution in [0.1, 0.15) is 46.3 Å². The van der Waals surface area contributed by atoms with Crippen LogP contribution in [0.4, 0.5) is 9.18 Å². The quantitative estimate of drug-likeness (QED) is 0.177. The summed E-state index contributed by atoms with van der Waals surface area (Å²) >= 11 is 0. The second-order valence-corrected chi connectivity index (χ2v) is 17.4. The zero-order valence-electron chi connectivity index (χ0n) is 26.2. The number of ether oxygens (including phenoxy) is 2. The largest absolute Gasteiger partial charge is 0.465 e. The lowest BCUT2D eigenvalue weighted by Crippen LogP contribution is -2.47. The predicted octanol–water partition coefficient (Wildman–Crippen LogP) is 6.49. The zero-order valence-corrected chi connectivity index (χ0v) is 27.2. The van der Waals surface area contributed by atoms with Gasteiger partial charge in [0.1, 0.15) is 11.4 Å². The van der Waals surface area contributed by atoms with Gasteiger partial charge in [-0.05, 0) is 67.7 Å². The number of rotatable bonds is 11. The molecule has 1 amide bonds. The molecule has 0 bridgehead atoms. The van der Waals surface area contributed by atoms with Crippen molar-refractivity contribution in [1.82, 2.24) is 34.8 Å². The monoisotopic (exact) mass is 637 g/mol. The molecule has 2 atom stereocenters. The van der Waals surface area contributed by atoms with Gasteiger partial charge >= 0.3 is 6.09 Å². The van der Waals surface area contributed by atoms with E-state index in [4.69, 9.17) is 13.9 Å². The van der Waals surface area contributed by atoms with E-state index in [2.05, 4.69) is 59.3 Å². The summed E-state index contributed by atoms with van der Waals surface area (Å²) < 4.78 is 36.3. The summed E-state index contributed by atoms with van der Waals surface area (Å²) in [5, 5.41) is 20.9. The summed E-state index contributed by atoms with van der Waals surface area (Å²) in [4.78, 5) is 20.1. The van der Waals surface area contributed by atoms with E-state index >= 15 is 4.39 Å². The van der Waals surface area contributed by atoms with Gasteiger partial charge in [0.25, 0.3) is 5.88 Å². The van der Waals surface area contributed by atoms with Gasteiger partial charge in [0.05, 0.1) is 36.8 Å². The van der Waals surface area contributed by atoms with E-state index in [1.807, 2.05) is 6.07 Å². The molecule has 2 unspecified atom stereocenters. The fourth-order valence-corrected chi connectivity index (χ4v) is 5.75. The van der Waals surface area contributed by atoms with Crippen molar-refractivity contribution in [2.24, 2.45) is 0 Å². The van der Waals surface area contributed by atoms with Crippen molar-refractivity contribution in [3.05, 3.63) is 60.9 Å². The van der Waals surface area contributed by atoms with Crippen LogP contribution in [0, 0.1) is 5.82 Å². The Morgan fingerprint density at radius 3 is 2.67 bits per heavy atom. The Labute approximate surface area is 262 Å². The number of halogens is 1. The highest BCUT2D eigenvalue weighted by atomic mass is 28.4. The fraction of sp³-hybridized carbons (Fsp3) is 0.452. The summed E-state index contributed by atoms with van der Waals surface area (Å²) in [5.74, 6) is -0.476. The lowest BCUT2D eigenvalue weighted by molar-refractivity contribution is -0.0383. The van der Waals surface area contributed by atoms with E-state index in [0.29, 0.717) is 29.3 Å². The van der Waals surface area contributed by atoms with Crippen molar-refractivity contribution in [3.63, 3.8) is 0 Å². The number of hydrogen-bond donors (Lipinski definition) is 2. The smallest absolute Gasteiger partial charge is 0.405 e. The van der Waals surface area contributed by atoms with Crippen molar-refractivity contribution >= 4 is 14.4 Å². The normalized spacial score (nSPS) is 16.4. The van der Waals surface area contributed by atoms with Crippen LogP contribution in [-0.2, 0) is 15.7 Å². The van der Waals surface area contributed by atoms with Gasteiger partial charge in [0.2, 0.25) is 0 Å². The van der Waals surface area contributed by atoms with Gasteiger partial charge in [0.15, 0.2) is 20.4 Å². The van der Waals surface area contributed by atoms with Crippen molar-refractivity contribution in [2.75, 3.05) is 13.2 Å². The molecule has 1 fully saturated rings. The van der Waals surface area contributed by atoms with E-state index in [0.717, 1.165) is 25.0 Å². The van der Waals surface area contributed by atoms with Gasteiger partial charge in [-0.1, -0.05) is 20.8 Å². The summed E-state index contributed by atoms with van der Waals surface area (Å²) in [6, 6.07) is 7.86. The molecular weight excluding hydrogens is 597 g/mol. The molecule has 0 spiro atoms. The first-order valence-electron chi connectivity index (χ1n) is 15.0. The minimum atomic E-state index is -2.07. The Hall–Kier alpha value is -4.14. The number of amides is 1. The molecule has 0 radical (unpaired) electrons. The Morgan fingerprint density at radius 1 is 1.18 bits per heavy atom. The molecule has 12 nitrogen and oxygen atoms in total. The number of hydrogen-bond acceptors (Lipinski definition) is 8.